The minimum absolute atomic E-state index is 0.0297. The van der Waals surface area contributed by atoms with Gasteiger partial charge in [0.2, 0.25) is 5.91 Å². The van der Waals surface area contributed by atoms with E-state index in [-0.39, 0.29) is 5.91 Å². The van der Waals surface area contributed by atoms with Crippen molar-refractivity contribution >= 4 is 17.3 Å². The lowest BCUT2D eigenvalue weighted by Gasteiger charge is -2.04. The predicted octanol–water partition coefficient (Wildman–Crippen LogP) is 1.61. The third-order valence-corrected chi connectivity index (χ3v) is 2.14. The van der Waals surface area contributed by atoms with E-state index in [1.54, 1.807) is 0 Å². The Bertz CT molecular complexity index is 347. The van der Waals surface area contributed by atoms with Crippen LogP contribution in [-0.2, 0) is 11.2 Å². The maximum absolute atomic E-state index is 10.8. The minimum Gasteiger partial charge on any atom is -0.384 e. The van der Waals surface area contributed by atoms with Crippen LogP contribution in [-0.4, -0.2) is 12.5 Å². The summed E-state index contributed by atoms with van der Waals surface area (Å²) < 4.78 is 0. The number of rotatable bonds is 1. The van der Waals surface area contributed by atoms with Gasteiger partial charge >= 0.3 is 0 Å². The Morgan fingerprint density at radius 3 is 3.15 bits per heavy atom. The Hall–Kier alpha value is -1.51. The van der Waals surface area contributed by atoms with Gasteiger partial charge in [-0.1, -0.05) is 6.07 Å². The Kier molecular flexibility index (Phi) is 1.93. The fourth-order valence-electron chi connectivity index (χ4n) is 1.57. The van der Waals surface area contributed by atoms with Gasteiger partial charge in [-0.15, -0.1) is 0 Å². The summed E-state index contributed by atoms with van der Waals surface area (Å²) in [5.74, 6) is -0.0297. The molecule has 1 aliphatic rings. The Morgan fingerprint density at radius 1 is 1.54 bits per heavy atom. The lowest BCUT2D eigenvalue weighted by Crippen LogP contribution is -2.05. The second kappa shape index (κ2) is 3.09. The SMILES string of the molecule is CC(=O)Nc1ccc2c(c1)NCC2. The van der Waals surface area contributed by atoms with Gasteiger partial charge in [0.05, 0.1) is 0 Å². The fourth-order valence-corrected chi connectivity index (χ4v) is 1.57. The van der Waals surface area contributed by atoms with Gasteiger partial charge in [0.1, 0.15) is 0 Å². The van der Waals surface area contributed by atoms with E-state index in [1.807, 2.05) is 12.1 Å². The van der Waals surface area contributed by atoms with Crippen LogP contribution >= 0.6 is 0 Å². The zero-order valence-corrected chi connectivity index (χ0v) is 7.55. The van der Waals surface area contributed by atoms with Crippen LogP contribution in [0, 0.1) is 0 Å². The second-order valence-corrected chi connectivity index (χ2v) is 3.23. The van der Waals surface area contributed by atoms with Gasteiger partial charge in [-0.05, 0) is 24.1 Å². The summed E-state index contributed by atoms with van der Waals surface area (Å²) in [6, 6.07) is 5.97. The van der Waals surface area contributed by atoms with E-state index in [4.69, 9.17) is 0 Å². The van der Waals surface area contributed by atoms with E-state index < -0.39 is 0 Å². The van der Waals surface area contributed by atoms with Crippen molar-refractivity contribution in [2.75, 3.05) is 17.2 Å². The van der Waals surface area contributed by atoms with Gasteiger partial charge < -0.3 is 10.6 Å². The molecule has 0 fully saturated rings. The van der Waals surface area contributed by atoms with Gasteiger partial charge in [-0.3, -0.25) is 4.79 Å². The van der Waals surface area contributed by atoms with Gasteiger partial charge in [-0.2, -0.15) is 0 Å². The molecule has 0 aliphatic carbocycles. The van der Waals surface area contributed by atoms with Crippen molar-refractivity contribution in [2.24, 2.45) is 0 Å². The molecule has 0 unspecified atom stereocenters. The largest absolute Gasteiger partial charge is 0.384 e. The van der Waals surface area contributed by atoms with Crippen LogP contribution in [0.1, 0.15) is 12.5 Å². The van der Waals surface area contributed by atoms with Crippen LogP contribution < -0.4 is 10.6 Å². The normalized spacial score (nSPS) is 13.3. The van der Waals surface area contributed by atoms with Crippen LogP contribution in [0.25, 0.3) is 0 Å². The maximum Gasteiger partial charge on any atom is 0.221 e. The summed E-state index contributed by atoms with van der Waals surface area (Å²) in [4.78, 5) is 10.8. The molecule has 0 saturated heterocycles. The average Bonchev–Trinajstić information content (AvgIpc) is 2.49. The molecular formula is C10H12N2O. The first-order valence-electron chi connectivity index (χ1n) is 4.40. The lowest BCUT2D eigenvalue weighted by molar-refractivity contribution is -0.114. The number of hydrogen-bond donors (Lipinski definition) is 2. The van der Waals surface area contributed by atoms with E-state index in [2.05, 4.69) is 16.7 Å². The molecule has 0 radical (unpaired) electrons. The summed E-state index contributed by atoms with van der Waals surface area (Å²) in [6.45, 7) is 2.51. The van der Waals surface area contributed by atoms with Crippen LogP contribution in [0.3, 0.4) is 0 Å². The van der Waals surface area contributed by atoms with Crippen LogP contribution in [0.15, 0.2) is 18.2 Å². The van der Waals surface area contributed by atoms with Crippen molar-refractivity contribution in [2.45, 2.75) is 13.3 Å². The quantitative estimate of drug-likeness (QED) is 0.682. The maximum atomic E-state index is 10.8. The summed E-state index contributed by atoms with van der Waals surface area (Å²) >= 11 is 0. The smallest absolute Gasteiger partial charge is 0.221 e. The summed E-state index contributed by atoms with van der Waals surface area (Å²) in [7, 11) is 0. The number of carbonyl (C=O) groups excluding carboxylic acids is 1. The Balaban J connectivity index is 2.25. The predicted molar refractivity (Wildman–Crippen MR) is 52.9 cm³/mol. The monoisotopic (exact) mass is 176 g/mol. The van der Waals surface area contributed by atoms with E-state index in [0.717, 1.165) is 24.3 Å². The standard InChI is InChI=1S/C10H12N2O/c1-7(13)12-9-3-2-8-4-5-11-10(8)6-9/h2-3,6,11H,4-5H2,1H3,(H,12,13). The number of nitrogens with one attached hydrogen (secondary N) is 2. The zero-order valence-electron chi connectivity index (χ0n) is 7.55. The van der Waals surface area contributed by atoms with E-state index >= 15 is 0 Å². The lowest BCUT2D eigenvalue weighted by atomic mass is 10.1. The van der Waals surface area contributed by atoms with E-state index in [0.29, 0.717) is 0 Å². The highest BCUT2D eigenvalue weighted by molar-refractivity contribution is 5.89. The molecule has 3 heteroatoms. The number of benzene rings is 1. The second-order valence-electron chi connectivity index (χ2n) is 3.23. The molecule has 1 aromatic carbocycles. The van der Waals surface area contributed by atoms with Gasteiger partial charge in [0, 0.05) is 24.8 Å². The number of hydrogen-bond acceptors (Lipinski definition) is 2. The van der Waals surface area contributed by atoms with Crippen molar-refractivity contribution in [1.82, 2.24) is 0 Å². The average molecular weight is 176 g/mol. The van der Waals surface area contributed by atoms with Crippen LogP contribution in [0.5, 0.6) is 0 Å². The number of carbonyl (C=O) groups is 1. The molecule has 0 bridgehead atoms. The highest BCUT2D eigenvalue weighted by atomic mass is 16.1. The Morgan fingerprint density at radius 2 is 2.38 bits per heavy atom. The summed E-state index contributed by atoms with van der Waals surface area (Å²) in [5, 5.41) is 6.02. The van der Waals surface area contributed by atoms with Crippen molar-refractivity contribution < 1.29 is 4.79 Å². The van der Waals surface area contributed by atoms with Gasteiger partial charge in [0.15, 0.2) is 0 Å². The molecule has 0 spiro atoms. The van der Waals surface area contributed by atoms with Crippen molar-refractivity contribution in [3.63, 3.8) is 0 Å². The molecule has 1 aliphatic heterocycles. The molecule has 1 amide bonds. The van der Waals surface area contributed by atoms with E-state index in [9.17, 15) is 4.79 Å². The topological polar surface area (TPSA) is 41.1 Å². The van der Waals surface area contributed by atoms with Gasteiger partial charge in [0.25, 0.3) is 0 Å². The van der Waals surface area contributed by atoms with Crippen molar-refractivity contribution in [3.05, 3.63) is 23.8 Å². The summed E-state index contributed by atoms with van der Waals surface area (Å²) in [6.07, 6.45) is 1.08. The molecule has 1 aromatic rings. The van der Waals surface area contributed by atoms with Crippen molar-refractivity contribution in [1.29, 1.82) is 0 Å². The first-order valence-corrected chi connectivity index (χ1v) is 4.40. The molecule has 2 N–H and O–H groups in total. The van der Waals surface area contributed by atoms with Crippen LogP contribution in [0.4, 0.5) is 11.4 Å². The molecule has 0 atom stereocenters. The summed E-state index contributed by atoms with van der Waals surface area (Å²) in [5.41, 5.74) is 3.33. The Labute approximate surface area is 77.1 Å². The molecule has 68 valence electrons. The number of amides is 1. The third kappa shape index (κ3) is 1.64. The van der Waals surface area contributed by atoms with E-state index in [1.165, 1.54) is 12.5 Å². The molecule has 0 aromatic heterocycles. The fraction of sp³-hybridized carbons (Fsp3) is 0.300. The van der Waals surface area contributed by atoms with Crippen molar-refractivity contribution in [3.8, 4) is 0 Å². The highest BCUT2D eigenvalue weighted by Crippen LogP contribution is 2.25. The van der Waals surface area contributed by atoms with Gasteiger partial charge in [-0.25, -0.2) is 0 Å². The first-order chi connectivity index (χ1) is 6.25. The molecular weight excluding hydrogens is 164 g/mol. The highest BCUT2D eigenvalue weighted by Gasteiger charge is 2.09. The molecule has 3 nitrogen and oxygen atoms in total. The third-order valence-electron chi connectivity index (χ3n) is 2.14. The minimum atomic E-state index is -0.0297. The molecule has 13 heavy (non-hydrogen) atoms. The molecule has 0 saturated carbocycles. The first kappa shape index (κ1) is 8.10. The number of anilines is 2. The molecule has 1 heterocycles. The zero-order chi connectivity index (χ0) is 9.26. The van der Waals surface area contributed by atoms with Crippen LogP contribution in [0.2, 0.25) is 0 Å². The number of fused-ring (bicyclic) bond motifs is 1. The molecule has 2 rings (SSSR count).